The second-order valence-corrected chi connectivity index (χ2v) is 7.18. The Kier molecular flexibility index (Phi) is 4.32. The summed E-state index contributed by atoms with van der Waals surface area (Å²) in [7, 11) is 0. The second-order valence-electron chi connectivity index (χ2n) is 7.18. The molecule has 4 rings (SSSR count). The molecule has 1 amide bonds. The quantitative estimate of drug-likeness (QED) is 0.773. The fourth-order valence-electron chi connectivity index (χ4n) is 3.76. The SMILES string of the molecule is C[C@H](Nc1ccc2oc3ccccc3c2c1)C(=O)N1C[C@H](C)O[C@@H](C)C1. The van der Waals surface area contributed by atoms with Crippen molar-refractivity contribution in [2.24, 2.45) is 0 Å². The number of ether oxygens (including phenoxy) is 1. The van der Waals surface area contributed by atoms with E-state index in [1.807, 2.05) is 56.0 Å². The first-order valence-corrected chi connectivity index (χ1v) is 9.13. The largest absolute Gasteiger partial charge is 0.456 e. The van der Waals surface area contributed by atoms with Crippen molar-refractivity contribution in [3.8, 4) is 0 Å². The molecule has 5 heteroatoms. The van der Waals surface area contributed by atoms with Crippen molar-refractivity contribution in [3.05, 3.63) is 42.5 Å². The highest BCUT2D eigenvalue weighted by Crippen LogP contribution is 2.30. The van der Waals surface area contributed by atoms with Gasteiger partial charge in [0.05, 0.1) is 12.2 Å². The predicted octanol–water partition coefficient (Wildman–Crippen LogP) is 4.02. The van der Waals surface area contributed by atoms with Gasteiger partial charge in [-0.2, -0.15) is 0 Å². The van der Waals surface area contributed by atoms with Crippen LogP contribution in [0.3, 0.4) is 0 Å². The highest BCUT2D eigenvalue weighted by Gasteiger charge is 2.28. The van der Waals surface area contributed by atoms with Crippen molar-refractivity contribution in [1.82, 2.24) is 4.90 Å². The third-order valence-corrected chi connectivity index (χ3v) is 4.86. The fourth-order valence-corrected chi connectivity index (χ4v) is 3.76. The number of anilines is 1. The van der Waals surface area contributed by atoms with E-state index in [1.165, 1.54) is 0 Å². The summed E-state index contributed by atoms with van der Waals surface area (Å²) in [6.07, 6.45) is 0.145. The molecule has 0 aliphatic carbocycles. The van der Waals surface area contributed by atoms with Crippen LogP contribution in [0, 0.1) is 0 Å². The number of nitrogens with zero attached hydrogens (tertiary/aromatic N) is 1. The Labute approximate surface area is 152 Å². The Morgan fingerprint density at radius 3 is 2.54 bits per heavy atom. The molecule has 0 bridgehead atoms. The van der Waals surface area contributed by atoms with Gasteiger partial charge in [-0.3, -0.25) is 4.79 Å². The number of rotatable bonds is 3. The Hall–Kier alpha value is -2.53. The van der Waals surface area contributed by atoms with Gasteiger partial charge in [-0.1, -0.05) is 18.2 Å². The summed E-state index contributed by atoms with van der Waals surface area (Å²) in [5.41, 5.74) is 2.64. The van der Waals surface area contributed by atoms with Crippen molar-refractivity contribution in [1.29, 1.82) is 0 Å². The monoisotopic (exact) mass is 352 g/mol. The van der Waals surface area contributed by atoms with Gasteiger partial charge in [0.25, 0.3) is 0 Å². The van der Waals surface area contributed by atoms with E-state index in [1.54, 1.807) is 0 Å². The normalized spacial score (nSPS) is 21.9. The van der Waals surface area contributed by atoms with E-state index in [0.29, 0.717) is 13.1 Å². The first kappa shape index (κ1) is 16.9. The molecule has 2 heterocycles. The number of para-hydroxylation sites is 1. The number of nitrogens with one attached hydrogen (secondary N) is 1. The average Bonchev–Trinajstić information content (AvgIpc) is 2.98. The van der Waals surface area contributed by atoms with Crippen LogP contribution in [0.5, 0.6) is 0 Å². The molecule has 26 heavy (non-hydrogen) atoms. The number of carbonyl (C=O) groups is 1. The van der Waals surface area contributed by atoms with Crippen molar-refractivity contribution in [3.63, 3.8) is 0 Å². The van der Waals surface area contributed by atoms with Crippen LogP contribution in [0.4, 0.5) is 5.69 Å². The van der Waals surface area contributed by atoms with Crippen LogP contribution in [0.1, 0.15) is 20.8 Å². The summed E-state index contributed by atoms with van der Waals surface area (Å²) in [4.78, 5) is 14.7. The van der Waals surface area contributed by atoms with Crippen molar-refractivity contribution in [2.45, 2.75) is 39.0 Å². The molecule has 0 radical (unpaired) electrons. The zero-order chi connectivity index (χ0) is 18.3. The molecule has 3 atom stereocenters. The molecule has 1 fully saturated rings. The van der Waals surface area contributed by atoms with E-state index in [9.17, 15) is 4.79 Å². The lowest BCUT2D eigenvalue weighted by Gasteiger charge is -2.36. The summed E-state index contributed by atoms with van der Waals surface area (Å²) in [6, 6.07) is 13.6. The number of fused-ring (bicyclic) bond motifs is 3. The molecular formula is C21H24N2O3. The number of carbonyl (C=O) groups excluding carboxylic acids is 1. The molecule has 136 valence electrons. The van der Waals surface area contributed by atoms with E-state index in [4.69, 9.17) is 9.15 Å². The summed E-state index contributed by atoms with van der Waals surface area (Å²) < 4.78 is 11.6. The van der Waals surface area contributed by atoms with E-state index in [-0.39, 0.29) is 24.2 Å². The zero-order valence-corrected chi connectivity index (χ0v) is 15.4. The number of hydrogen-bond acceptors (Lipinski definition) is 4. The third-order valence-electron chi connectivity index (χ3n) is 4.86. The summed E-state index contributed by atoms with van der Waals surface area (Å²) in [5.74, 6) is 0.101. The molecule has 1 aliphatic heterocycles. The molecule has 0 spiro atoms. The average molecular weight is 352 g/mol. The first-order chi connectivity index (χ1) is 12.5. The topological polar surface area (TPSA) is 54.7 Å². The minimum absolute atomic E-state index is 0.0727. The van der Waals surface area contributed by atoms with Crippen LogP contribution in [0.25, 0.3) is 21.9 Å². The van der Waals surface area contributed by atoms with Crippen LogP contribution in [-0.4, -0.2) is 42.1 Å². The Morgan fingerprint density at radius 2 is 1.77 bits per heavy atom. The van der Waals surface area contributed by atoms with Gasteiger partial charge < -0.3 is 19.4 Å². The third kappa shape index (κ3) is 3.15. The number of morpholine rings is 1. The molecule has 2 aromatic carbocycles. The lowest BCUT2D eigenvalue weighted by molar-refractivity contribution is -0.143. The summed E-state index contributed by atoms with van der Waals surface area (Å²) >= 11 is 0. The van der Waals surface area contributed by atoms with Gasteiger partial charge in [0, 0.05) is 29.5 Å². The van der Waals surface area contributed by atoms with Crippen LogP contribution in [0.2, 0.25) is 0 Å². The number of amides is 1. The lowest BCUT2D eigenvalue weighted by Crippen LogP contribution is -2.52. The molecule has 1 aromatic heterocycles. The Bertz CT molecular complexity index is 939. The molecule has 0 unspecified atom stereocenters. The van der Waals surface area contributed by atoms with E-state index in [0.717, 1.165) is 27.6 Å². The van der Waals surface area contributed by atoms with Crippen molar-refractivity contribution < 1.29 is 13.9 Å². The minimum Gasteiger partial charge on any atom is -0.456 e. The van der Waals surface area contributed by atoms with Gasteiger partial charge in [-0.15, -0.1) is 0 Å². The maximum Gasteiger partial charge on any atom is 0.244 e. The summed E-state index contributed by atoms with van der Waals surface area (Å²) in [5, 5.41) is 5.48. The smallest absolute Gasteiger partial charge is 0.244 e. The molecular weight excluding hydrogens is 328 g/mol. The van der Waals surface area contributed by atoms with Crippen LogP contribution < -0.4 is 5.32 Å². The minimum atomic E-state index is -0.303. The lowest BCUT2D eigenvalue weighted by atomic mass is 10.1. The van der Waals surface area contributed by atoms with Gasteiger partial charge >= 0.3 is 0 Å². The van der Waals surface area contributed by atoms with Crippen molar-refractivity contribution >= 4 is 33.5 Å². The maximum atomic E-state index is 12.8. The van der Waals surface area contributed by atoms with Crippen LogP contribution in [-0.2, 0) is 9.53 Å². The first-order valence-electron chi connectivity index (χ1n) is 9.13. The van der Waals surface area contributed by atoms with Crippen molar-refractivity contribution in [2.75, 3.05) is 18.4 Å². The van der Waals surface area contributed by atoms with E-state index in [2.05, 4.69) is 17.4 Å². The Balaban J connectivity index is 1.54. The van der Waals surface area contributed by atoms with Crippen LogP contribution in [0.15, 0.2) is 46.9 Å². The maximum absolute atomic E-state index is 12.8. The molecule has 1 aliphatic rings. The number of benzene rings is 2. The molecule has 5 nitrogen and oxygen atoms in total. The molecule has 1 saturated heterocycles. The van der Waals surface area contributed by atoms with Gasteiger partial charge in [-0.05, 0) is 45.0 Å². The van der Waals surface area contributed by atoms with Gasteiger partial charge in [0.2, 0.25) is 5.91 Å². The standard InChI is InChI=1S/C21H24N2O3/c1-13-11-23(12-14(2)25-13)21(24)15(3)22-16-8-9-20-18(10-16)17-6-4-5-7-19(17)26-20/h4-10,13-15,22H,11-12H2,1-3H3/t13-,14-,15-/m0/s1. The number of hydrogen-bond donors (Lipinski definition) is 1. The molecule has 0 saturated carbocycles. The van der Waals surface area contributed by atoms with Gasteiger partial charge in [-0.25, -0.2) is 0 Å². The highest BCUT2D eigenvalue weighted by molar-refractivity contribution is 6.06. The summed E-state index contributed by atoms with van der Waals surface area (Å²) in [6.45, 7) is 7.20. The van der Waals surface area contributed by atoms with Crippen LogP contribution >= 0.6 is 0 Å². The van der Waals surface area contributed by atoms with Gasteiger partial charge in [0.15, 0.2) is 0 Å². The second kappa shape index (κ2) is 6.65. The molecule has 3 aromatic rings. The predicted molar refractivity (Wildman–Crippen MR) is 103 cm³/mol. The highest BCUT2D eigenvalue weighted by atomic mass is 16.5. The fraction of sp³-hybridized carbons (Fsp3) is 0.381. The number of furan rings is 1. The van der Waals surface area contributed by atoms with E-state index >= 15 is 0 Å². The van der Waals surface area contributed by atoms with E-state index < -0.39 is 0 Å². The zero-order valence-electron chi connectivity index (χ0n) is 15.4. The Morgan fingerprint density at radius 1 is 1.08 bits per heavy atom. The molecule has 1 N–H and O–H groups in total. The van der Waals surface area contributed by atoms with Gasteiger partial charge in [0.1, 0.15) is 17.2 Å².